The minimum atomic E-state index is -0.491. The van der Waals surface area contributed by atoms with E-state index >= 15 is 0 Å². The SMILES string of the molecule is COC(=O)c1cc(Cl)ccc1OC1CCN(CC(O)CN)CC1. The highest BCUT2D eigenvalue weighted by molar-refractivity contribution is 6.31. The number of piperidine rings is 1. The van der Waals surface area contributed by atoms with Crippen LogP contribution in [-0.4, -0.2) is 61.5 Å². The second-order valence-electron chi connectivity index (χ2n) is 5.64. The van der Waals surface area contributed by atoms with Gasteiger partial charge in [0, 0.05) is 31.2 Å². The largest absolute Gasteiger partial charge is 0.489 e. The minimum absolute atomic E-state index is 0.0193. The van der Waals surface area contributed by atoms with E-state index in [0.29, 0.717) is 22.9 Å². The molecule has 0 aromatic heterocycles. The van der Waals surface area contributed by atoms with E-state index in [2.05, 4.69) is 4.90 Å². The number of esters is 1. The van der Waals surface area contributed by atoms with Crippen LogP contribution in [0.3, 0.4) is 0 Å². The standard InChI is InChI=1S/C16H23ClN2O4/c1-22-16(21)14-8-11(17)2-3-15(14)23-13-4-6-19(7-5-13)10-12(20)9-18/h2-3,8,12-13,20H,4-7,9-10,18H2,1H3. The number of ether oxygens (including phenoxy) is 2. The van der Waals surface area contributed by atoms with Crippen molar-refractivity contribution < 1.29 is 19.4 Å². The molecule has 1 saturated heterocycles. The van der Waals surface area contributed by atoms with Gasteiger partial charge in [0.15, 0.2) is 0 Å². The zero-order valence-corrected chi connectivity index (χ0v) is 14.0. The number of likely N-dealkylation sites (tertiary alicyclic amines) is 1. The highest BCUT2D eigenvalue weighted by Gasteiger charge is 2.24. The first-order chi connectivity index (χ1) is 11.0. The van der Waals surface area contributed by atoms with Gasteiger partial charge in [-0.05, 0) is 31.0 Å². The Balaban J connectivity index is 1.95. The van der Waals surface area contributed by atoms with Gasteiger partial charge in [0.05, 0.1) is 13.2 Å². The van der Waals surface area contributed by atoms with Gasteiger partial charge in [0.1, 0.15) is 17.4 Å². The summed E-state index contributed by atoms with van der Waals surface area (Å²) in [4.78, 5) is 14.0. The fourth-order valence-corrected chi connectivity index (χ4v) is 2.81. The lowest BCUT2D eigenvalue weighted by Crippen LogP contribution is -2.43. The first-order valence-electron chi connectivity index (χ1n) is 7.68. The van der Waals surface area contributed by atoms with Crippen LogP contribution in [0.4, 0.5) is 0 Å². The molecule has 1 aromatic carbocycles. The van der Waals surface area contributed by atoms with E-state index in [1.807, 2.05) is 0 Å². The predicted octanol–water partition coefficient (Wildman–Crippen LogP) is 1.29. The number of carbonyl (C=O) groups is 1. The maximum absolute atomic E-state index is 11.8. The molecular weight excluding hydrogens is 320 g/mol. The molecule has 7 heteroatoms. The van der Waals surface area contributed by atoms with Crippen molar-refractivity contribution in [3.8, 4) is 5.75 Å². The third kappa shape index (κ3) is 5.07. The molecule has 1 aliphatic rings. The van der Waals surface area contributed by atoms with Gasteiger partial charge in [-0.25, -0.2) is 4.79 Å². The Bertz CT molecular complexity index is 533. The molecule has 1 aromatic rings. The first-order valence-corrected chi connectivity index (χ1v) is 8.06. The van der Waals surface area contributed by atoms with Crippen molar-refractivity contribution in [2.45, 2.75) is 25.0 Å². The molecule has 0 radical (unpaired) electrons. The van der Waals surface area contributed by atoms with E-state index < -0.39 is 12.1 Å². The van der Waals surface area contributed by atoms with Crippen LogP contribution in [0.25, 0.3) is 0 Å². The fourth-order valence-electron chi connectivity index (χ4n) is 2.64. The third-order valence-electron chi connectivity index (χ3n) is 3.92. The molecule has 128 valence electrons. The number of methoxy groups -OCH3 is 1. The smallest absolute Gasteiger partial charge is 0.341 e. The Hall–Kier alpha value is -1.34. The zero-order valence-electron chi connectivity index (χ0n) is 13.2. The normalized spacial score (nSPS) is 17.7. The van der Waals surface area contributed by atoms with Crippen LogP contribution < -0.4 is 10.5 Å². The number of hydrogen-bond acceptors (Lipinski definition) is 6. The summed E-state index contributed by atoms with van der Waals surface area (Å²) in [6, 6.07) is 4.94. The Kier molecular flexibility index (Phi) is 6.65. The number of rotatable bonds is 6. The van der Waals surface area contributed by atoms with Crippen LogP contribution in [0.15, 0.2) is 18.2 Å². The maximum atomic E-state index is 11.8. The second-order valence-corrected chi connectivity index (χ2v) is 6.08. The van der Waals surface area contributed by atoms with E-state index in [0.717, 1.165) is 25.9 Å². The number of carbonyl (C=O) groups excluding carboxylic acids is 1. The van der Waals surface area contributed by atoms with Crippen LogP contribution in [0, 0.1) is 0 Å². The highest BCUT2D eigenvalue weighted by atomic mass is 35.5. The van der Waals surface area contributed by atoms with Crippen molar-refractivity contribution in [1.82, 2.24) is 4.90 Å². The molecule has 0 bridgehead atoms. The Morgan fingerprint density at radius 3 is 2.78 bits per heavy atom. The molecule has 1 heterocycles. The number of halogens is 1. The summed E-state index contributed by atoms with van der Waals surface area (Å²) >= 11 is 5.94. The van der Waals surface area contributed by atoms with Gasteiger partial charge in [-0.3, -0.25) is 0 Å². The van der Waals surface area contributed by atoms with Crippen molar-refractivity contribution in [2.75, 3.05) is 33.3 Å². The molecular formula is C16H23ClN2O4. The number of hydrogen-bond donors (Lipinski definition) is 2. The van der Waals surface area contributed by atoms with Crippen LogP contribution in [0.2, 0.25) is 5.02 Å². The van der Waals surface area contributed by atoms with E-state index in [4.69, 9.17) is 26.8 Å². The molecule has 1 aliphatic heterocycles. The molecule has 1 atom stereocenters. The van der Waals surface area contributed by atoms with Gasteiger partial charge in [0.2, 0.25) is 0 Å². The van der Waals surface area contributed by atoms with Crippen LogP contribution >= 0.6 is 11.6 Å². The van der Waals surface area contributed by atoms with Crippen LogP contribution in [0.5, 0.6) is 5.75 Å². The summed E-state index contributed by atoms with van der Waals surface area (Å²) in [6.07, 6.45) is 1.17. The summed E-state index contributed by atoms with van der Waals surface area (Å²) in [5.74, 6) is 0.0210. The maximum Gasteiger partial charge on any atom is 0.341 e. The van der Waals surface area contributed by atoms with Gasteiger partial charge < -0.3 is 25.2 Å². The average molecular weight is 343 g/mol. The molecule has 6 nitrogen and oxygen atoms in total. The summed E-state index contributed by atoms with van der Waals surface area (Å²) in [7, 11) is 1.33. The Morgan fingerprint density at radius 2 is 2.17 bits per heavy atom. The van der Waals surface area contributed by atoms with Crippen LogP contribution in [0.1, 0.15) is 23.2 Å². The molecule has 0 spiro atoms. The summed E-state index contributed by atoms with van der Waals surface area (Å²) in [5, 5.41) is 10.1. The first kappa shape index (κ1) is 18.0. The Morgan fingerprint density at radius 1 is 1.48 bits per heavy atom. The Labute approximate surface area is 141 Å². The molecule has 1 fully saturated rings. The lowest BCUT2D eigenvalue weighted by Gasteiger charge is -2.33. The van der Waals surface area contributed by atoms with E-state index in [-0.39, 0.29) is 12.6 Å². The number of nitrogens with two attached hydrogens (primary N) is 1. The highest BCUT2D eigenvalue weighted by Crippen LogP contribution is 2.27. The van der Waals surface area contributed by atoms with Gasteiger partial charge in [-0.15, -0.1) is 0 Å². The van der Waals surface area contributed by atoms with Crippen LogP contribution in [-0.2, 0) is 4.74 Å². The van der Waals surface area contributed by atoms with Crippen molar-refractivity contribution >= 4 is 17.6 Å². The predicted molar refractivity (Wildman–Crippen MR) is 87.9 cm³/mol. The molecule has 0 aliphatic carbocycles. The summed E-state index contributed by atoms with van der Waals surface area (Å²) < 4.78 is 10.7. The second kappa shape index (κ2) is 8.49. The lowest BCUT2D eigenvalue weighted by molar-refractivity contribution is 0.0554. The van der Waals surface area contributed by atoms with Crippen molar-refractivity contribution in [2.24, 2.45) is 5.73 Å². The number of nitrogens with zero attached hydrogens (tertiary/aromatic N) is 1. The minimum Gasteiger partial charge on any atom is -0.489 e. The third-order valence-corrected chi connectivity index (χ3v) is 4.15. The number of β-amino-alcohol motifs (C(OH)–C–C–N with tert-alkyl or cyclic N) is 1. The topological polar surface area (TPSA) is 85.0 Å². The monoisotopic (exact) mass is 342 g/mol. The van der Waals surface area contributed by atoms with Crippen molar-refractivity contribution in [3.05, 3.63) is 28.8 Å². The number of aliphatic hydroxyl groups is 1. The quantitative estimate of drug-likeness (QED) is 0.758. The van der Waals surface area contributed by atoms with Gasteiger partial charge >= 0.3 is 5.97 Å². The molecule has 23 heavy (non-hydrogen) atoms. The van der Waals surface area contributed by atoms with Gasteiger partial charge in [0.25, 0.3) is 0 Å². The summed E-state index contributed by atoms with van der Waals surface area (Å²) in [5.41, 5.74) is 5.77. The zero-order chi connectivity index (χ0) is 16.8. The molecule has 3 N–H and O–H groups in total. The van der Waals surface area contributed by atoms with Gasteiger partial charge in [-0.2, -0.15) is 0 Å². The lowest BCUT2D eigenvalue weighted by atomic mass is 10.1. The van der Waals surface area contributed by atoms with Gasteiger partial charge in [-0.1, -0.05) is 11.6 Å². The van der Waals surface area contributed by atoms with Crippen molar-refractivity contribution in [1.29, 1.82) is 0 Å². The fraction of sp³-hybridized carbons (Fsp3) is 0.562. The van der Waals surface area contributed by atoms with Crippen molar-refractivity contribution in [3.63, 3.8) is 0 Å². The molecule has 0 amide bonds. The molecule has 2 rings (SSSR count). The number of aliphatic hydroxyl groups excluding tert-OH is 1. The van der Waals surface area contributed by atoms with E-state index in [1.54, 1.807) is 18.2 Å². The molecule has 1 unspecified atom stereocenters. The molecule has 0 saturated carbocycles. The van der Waals surface area contributed by atoms with E-state index in [9.17, 15) is 9.90 Å². The summed E-state index contributed by atoms with van der Waals surface area (Å²) in [6.45, 7) is 2.49. The number of benzene rings is 1. The average Bonchev–Trinajstić information content (AvgIpc) is 2.57. The van der Waals surface area contributed by atoms with E-state index in [1.165, 1.54) is 7.11 Å².